The maximum absolute atomic E-state index is 12.0. The molecule has 2 rings (SSSR count). The maximum atomic E-state index is 12.0. The Balaban J connectivity index is 1.88. The van der Waals surface area contributed by atoms with Crippen molar-refractivity contribution >= 4 is 11.3 Å². The number of thiazole rings is 1. The summed E-state index contributed by atoms with van der Waals surface area (Å²) in [4.78, 5) is 5.85. The van der Waals surface area contributed by atoms with Crippen LogP contribution in [0.5, 0.6) is 0 Å². The van der Waals surface area contributed by atoms with Crippen molar-refractivity contribution in [1.82, 2.24) is 10.3 Å². The van der Waals surface area contributed by atoms with Gasteiger partial charge in [0.15, 0.2) is 0 Å². The lowest BCUT2D eigenvalue weighted by Crippen LogP contribution is -2.24. The van der Waals surface area contributed by atoms with Crippen LogP contribution in [0.2, 0.25) is 0 Å². The third-order valence-corrected chi connectivity index (χ3v) is 4.37. The van der Waals surface area contributed by atoms with Crippen molar-refractivity contribution in [3.8, 4) is 0 Å². The molecule has 114 valence electrons. The summed E-state index contributed by atoms with van der Waals surface area (Å²) in [6.07, 6.45) is -0.561. The van der Waals surface area contributed by atoms with Gasteiger partial charge in [0.05, 0.1) is 23.4 Å². The van der Waals surface area contributed by atoms with Crippen LogP contribution < -0.4 is 5.32 Å². The fourth-order valence-corrected chi connectivity index (χ4v) is 3.52. The van der Waals surface area contributed by atoms with Crippen LogP contribution in [-0.2, 0) is 17.6 Å². The van der Waals surface area contributed by atoms with Crippen LogP contribution in [0, 0.1) is 0 Å². The zero-order valence-electron chi connectivity index (χ0n) is 11.4. The second kappa shape index (κ2) is 6.87. The minimum Gasteiger partial charge on any atom is -0.372 e. The van der Waals surface area contributed by atoms with E-state index in [1.165, 1.54) is 4.88 Å². The quantitative estimate of drug-likeness (QED) is 0.819. The van der Waals surface area contributed by atoms with Crippen molar-refractivity contribution in [2.24, 2.45) is 0 Å². The molecule has 0 amide bonds. The molecule has 0 radical (unpaired) electrons. The van der Waals surface area contributed by atoms with E-state index in [0.717, 1.165) is 36.5 Å². The van der Waals surface area contributed by atoms with Crippen LogP contribution in [0.3, 0.4) is 0 Å². The number of rotatable bonds is 6. The minimum absolute atomic E-state index is 0.0672. The van der Waals surface area contributed by atoms with Gasteiger partial charge in [-0.25, -0.2) is 4.98 Å². The average molecular weight is 308 g/mol. The van der Waals surface area contributed by atoms with Crippen molar-refractivity contribution in [1.29, 1.82) is 0 Å². The monoisotopic (exact) mass is 308 g/mol. The first-order chi connectivity index (χ1) is 9.49. The van der Waals surface area contributed by atoms with E-state index in [4.69, 9.17) is 0 Å². The highest BCUT2D eigenvalue weighted by molar-refractivity contribution is 7.11. The van der Waals surface area contributed by atoms with Crippen LogP contribution in [-0.4, -0.2) is 30.9 Å². The number of ether oxygens (including phenoxy) is 1. The molecule has 0 saturated heterocycles. The smallest absolute Gasteiger partial charge is 0.372 e. The van der Waals surface area contributed by atoms with E-state index in [-0.39, 0.29) is 6.61 Å². The third-order valence-electron chi connectivity index (χ3n) is 3.18. The highest BCUT2D eigenvalue weighted by atomic mass is 32.1. The Morgan fingerprint density at radius 3 is 2.95 bits per heavy atom. The van der Waals surface area contributed by atoms with Gasteiger partial charge in [-0.2, -0.15) is 13.2 Å². The second-order valence-corrected chi connectivity index (χ2v) is 6.00. The summed E-state index contributed by atoms with van der Waals surface area (Å²) in [6, 6.07) is 0.296. The molecule has 3 nitrogen and oxygen atoms in total. The zero-order chi connectivity index (χ0) is 14.6. The van der Waals surface area contributed by atoms with Crippen LogP contribution in [0.15, 0.2) is 0 Å². The number of halogens is 3. The molecule has 7 heteroatoms. The van der Waals surface area contributed by atoms with E-state index in [9.17, 15) is 13.2 Å². The Hall–Kier alpha value is -0.660. The molecule has 0 aliphatic heterocycles. The fourth-order valence-electron chi connectivity index (χ4n) is 2.37. The summed E-state index contributed by atoms with van der Waals surface area (Å²) in [5.41, 5.74) is 1.09. The van der Waals surface area contributed by atoms with Crippen molar-refractivity contribution in [3.05, 3.63) is 15.6 Å². The van der Waals surface area contributed by atoms with E-state index >= 15 is 0 Å². The topological polar surface area (TPSA) is 34.1 Å². The average Bonchev–Trinajstić information content (AvgIpc) is 2.78. The van der Waals surface area contributed by atoms with Crippen LogP contribution in [0.4, 0.5) is 13.2 Å². The molecule has 1 aromatic heterocycles. The molecular weight excluding hydrogens is 289 g/mol. The number of hydrogen-bond donors (Lipinski definition) is 1. The molecular formula is C13H19F3N2OS. The van der Waals surface area contributed by atoms with Gasteiger partial charge in [-0.1, -0.05) is 6.92 Å². The normalized spacial score (nSPS) is 19.1. The van der Waals surface area contributed by atoms with Gasteiger partial charge in [-0.3, -0.25) is 0 Å². The lowest BCUT2D eigenvalue weighted by Gasteiger charge is -2.21. The Bertz CT molecular complexity index is 434. The van der Waals surface area contributed by atoms with E-state index in [1.807, 2.05) is 0 Å². The molecule has 0 spiro atoms. The molecule has 0 aromatic carbocycles. The Morgan fingerprint density at radius 2 is 2.25 bits per heavy atom. The minimum atomic E-state index is -4.25. The molecule has 0 bridgehead atoms. The van der Waals surface area contributed by atoms with Gasteiger partial charge in [-0.05, 0) is 25.8 Å². The molecule has 1 unspecified atom stereocenters. The number of aryl methyl sites for hydroxylation is 1. The van der Waals surface area contributed by atoms with E-state index in [0.29, 0.717) is 12.5 Å². The summed E-state index contributed by atoms with van der Waals surface area (Å²) in [5.74, 6) is 0. The fraction of sp³-hybridized carbons (Fsp3) is 0.769. The molecule has 1 atom stereocenters. The van der Waals surface area contributed by atoms with Crippen molar-refractivity contribution in [2.75, 3.05) is 19.8 Å². The van der Waals surface area contributed by atoms with Crippen LogP contribution >= 0.6 is 11.3 Å². The Kier molecular flexibility index (Phi) is 5.40. The van der Waals surface area contributed by atoms with Gasteiger partial charge in [0.25, 0.3) is 0 Å². The van der Waals surface area contributed by atoms with Gasteiger partial charge < -0.3 is 10.1 Å². The summed E-state index contributed by atoms with van der Waals surface area (Å²) in [5, 5.41) is 4.28. The molecule has 1 aliphatic carbocycles. The molecule has 1 heterocycles. The summed E-state index contributed by atoms with van der Waals surface area (Å²) in [7, 11) is 0. The van der Waals surface area contributed by atoms with Crippen LogP contribution in [0.25, 0.3) is 0 Å². The SMILES string of the molecule is CCNC1CCCc2sc(CCOCC(F)(F)F)nc21. The van der Waals surface area contributed by atoms with Crippen LogP contribution in [0.1, 0.15) is 41.4 Å². The molecule has 1 aromatic rings. The molecule has 1 N–H and O–H groups in total. The summed E-state index contributed by atoms with van der Waals surface area (Å²) in [6.45, 7) is 1.84. The molecule has 0 saturated carbocycles. The highest BCUT2D eigenvalue weighted by Crippen LogP contribution is 2.33. The number of nitrogens with one attached hydrogen (secondary N) is 1. The summed E-state index contributed by atoms with van der Waals surface area (Å²) >= 11 is 1.61. The Morgan fingerprint density at radius 1 is 1.45 bits per heavy atom. The van der Waals surface area contributed by atoms with Crippen molar-refractivity contribution < 1.29 is 17.9 Å². The standard InChI is InChI=1S/C13H19F3N2OS/c1-2-17-9-4-3-5-10-12(9)18-11(20-10)6-7-19-8-13(14,15)16/h9,17H,2-8H2,1H3. The van der Waals surface area contributed by atoms with E-state index < -0.39 is 12.8 Å². The van der Waals surface area contributed by atoms with E-state index in [1.54, 1.807) is 11.3 Å². The predicted molar refractivity (Wildman–Crippen MR) is 72.0 cm³/mol. The number of hydrogen-bond acceptors (Lipinski definition) is 4. The first kappa shape index (κ1) is 15.7. The third kappa shape index (κ3) is 4.43. The van der Waals surface area contributed by atoms with Crippen molar-refractivity contribution in [3.63, 3.8) is 0 Å². The first-order valence-electron chi connectivity index (χ1n) is 6.86. The number of nitrogens with zero attached hydrogens (tertiary/aromatic N) is 1. The predicted octanol–water partition coefficient (Wildman–Crippen LogP) is 3.25. The van der Waals surface area contributed by atoms with E-state index in [2.05, 4.69) is 22.0 Å². The number of fused-ring (bicyclic) bond motifs is 1. The lowest BCUT2D eigenvalue weighted by atomic mass is 9.98. The highest BCUT2D eigenvalue weighted by Gasteiger charge is 2.27. The lowest BCUT2D eigenvalue weighted by molar-refractivity contribution is -0.173. The number of aromatic nitrogens is 1. The zero-order valence-corrected chi connectivity index (χ0v) is 12.2. The van der Waals surface area contributed by atoms with Gasteiger partial charge in [-0.15, -0.1) is 11.3 Å². The molecule has 20 heavy (non-hydrogen) atoms. The molecule has 0 fully saturated rings. The van der Waals surface area contributed by atoms with Crippen molar-refractivity contribution in [2.45, 2.75) is 44.8 Å². The number of alkyl halides is 3. The second-order valence-electron chi connectivity index (χ2n) is 4.84. The largest absolute Gasteiger partial charge is 0.411 e. The van der Waals surface area contributed by atoms with Gasteiger partial charge >= 0.3 is 6.18 Å². The summed E-state index contributed by atoms with van der Waals surface area (Å²) < 4.78 is 40.5. The first-order valence-corrected chi connectivity index (χ1v) is 7.67. The molecule has 1 aliphatic rings. The Labute approximate surface area is 120 Å². The van der Waals surface area contributed by atoms with Gasteiger partial charge in [0.1, 0.15) is 6.61 Å². The maximum Gasteiger partial charge on any atom is 0.411 e. The van der Waals surface area contributed by atoms with Gasteiger partial charge in [0, 0.05) is 11.3 Å². The van der Waals surface area contributed by atoms with Gasteiger partial charge in [0.2, 0.25) is 0 Å².